The van der Waals surface area contributed by atoms with E-state index in [2.05, 4.69) is 10.8 Å². The number of aryl methyl sites for hydroxylation is 1. The van der Waals surface area contributed by atoms with Crippen LogP contribution in [-0.4, -0.2) is 25.8 Å². The van der Waals surface area contributed by atoms with Crippen LogP contribution in [-0.2, 0) is 21.9 Å². The maximum Gasteiger partial charge on any atom is 0.211 e. The fraction of sp³-hybridized carbons (Fsp3) is 0.500. The topological polar surface area (TPSA) is 66.4 Å². The molecule has 0 spiro atoms. The second kappa shape index (κ2) is 8.21. The molecule has 2 aromatic rings. The van der Waals surface area contributed by atoms with E-state index in [9.17, 15) is 13.5 Å². The molecule has 1 saturated carbocycles. The number of rotatable bonds is 8. The normalized spacial score (nSPS) is 18.1. The lowest BCUT2D eigenvalue weighted by Crippen LogP contribution is -2.39. The van der Waals surface area contributed by atoms with Gasteiger partial charge in [0.15, 0.2) is 0 Å². The van der Waals surface area contributed by atoms with Gasteiger partial charge in [-0.2, -0.15) is 0 Å². The van der Waals surface area contributed by atoms with E-state index in [-0.39, 0.29) is 11.2 Å². The molecule has 2 N–H and O–H groups in total. The van der Waals surface area contributed by atoms with Gasteiger partial charge < -0.3 is 5.11 Å². The molecular formula is C20H27NO3S2. The quantitative estimate of drug-likeness (QED) is 0.717. The molecule has 1 aliphatic carbocycles. The highest BCUT2D eigenvalue weighted by Crippen LogP contribution is 2.44. The number of sulfonamides is 1. The van der Waals surface area contributed by atoms with Crippen LogP contribution in [0.2, 0.25) is 0 Å². The van der Waals surface area contributed by atoms with E-state index in [1.165, 1.54) is 4.88 Å². The number of aliphatic hydroxyl groups excluding tert-OH is 1. The van der Waals surface area contributed by atoms with Gasteiger partial charge in [-0.3, -0.25) is 0 Å². The van der Waals surface area contributed by atoms with Crippen molar-refractivity contribution in [2.45, 2.75) is 50.5 Å². The number of aliphatic hydroxyl groups is 1. The summed E-state index contributed by atoms with van der Waals surface area (Å²) in [5.74, 6) is 0.108. The zero-order chi connectivity index (χ0) is 18.6. The van der Waals surface area contributed by atoms with Crippen LogP contribution in [0, 0.1) is 0 Å². The van der Waals surface area contributed by atoms with Crippen molar-refractivity contribution in [3.05, 3.63) is 57.8 Å². The first-order chi connectivity index (χ1) is 12.4. The number of thiophene rings is 1. The first-order valence-electron chi connectivity index (χ1n) is 9.20. The smallest absolute Gasteiger partial charge is 0.211 e. The van der Waals surface area contributed by atoms with Crippen molar-refractivity contribution in [1.29, 1.82) is 0 Å². The Hall–Kier alpha value is -1.21. The molecule has 26 heavy (non-hydrogen) atoms. The molecule has 0 saturated heterocycles. The monoisotopic (exact) mass is 393 g/mol. The van der Waals surface area contributed by atoms with Crippen molar-refractivity contribution in [3.8, 4) is 0 Å². The van der Waals surface area contributed by atoms with Crippen LogP contribution in [0.15, 0.2) is 42.5 Å². The van der Waals surface area contributed by atoms with Crippen LogP contribution >= 0.6 is 11.3 Å². The van der Waals surface area contributed by atoms with Crippen molar-refractivity contribution in [3.63, 3.8) is 0 Å². The molecule has 6 heteroatoms. The molecule has 1 unspecified atom stereocenters. The Morgan fingerprint density at radius 1 is 1.15 bits per heavy atom. The third-order valence-electron chi connectivity index (χ3n) is 5.25. The summed E-state index contributed by atoms with van der Waals surface area (Å²) >= 11 is 1.61. The molecule has 0 bridgehead atoms. The molecule has 1 aromatic heterocycles. The maximum absolute atomic E-state index is 12.5. The van der Waals surface area contributed by atoms with E-state index < -0.39 is 16.1 Å². The van der Waals surface area contributed by atoms with Crippen LogP contribution < -0.4 is 4.72 Å². The van der Waals surface area contributed by atoms with E-state index in [1.54, 1.807) is 18.3 Å². The Balaban J connectivity index is 1.66. The summed E-state index contributed by atoms with van der Waals surface area (Å²) in [6, 6.07) is 13.7. The molecule has 1 atom stereocenters. The van der Waals surface area contributed by atoms with Gasteiger partial charge in [-0.1, -0.05) is 43.2 Å². The molecule has 1 heterocycles. The molecule has 0 amide bonds. The molecule has 1 fully saturated rings. The van der Waals surface area contributed by atoms with Crippen LogP contribution in [0.25, 0.3) is 0 Å². The Bertz CT molecular complexity index is 807. The van der Waals surface area contributed by atoms with Gasteiger partial charge in [0.1, 0.15) is 0 Å². The van der Waals surface area contributed by atoms with Crippen LogP contribution in [0.1, 0.15) is 54.0 Å². The number of nitrogens with one attached hydrogen (secondary N) is 1. The van der Waals surface area contributed by atoms with Gasteiger partial charge >= 0.3 is 0 Å². The Kier molecular flexibility index (Phi) is 6.17. The predicted molar refractivity (Wildman–Crippen MR) is 107 cm³/mol. The standard InChI is InChI=1S/C20H27NO3S2/c1-16(22)18-9-10-19(25-18)20(12-5-6-13-20)15-21-26(23,24)14-11-17-7-3-2-4-8-17/h2-4,7-10,16,21-22H,5-6,11-15H2,1H3. The molecule has 0 radical (unpaired) electrons. The Morgan fingerprint density at radius 3 is 2.46 bits per heavy atom. The summed E-state index contributed by atoms with van der Waals surface area (Å²) in [7, 11) is -3.32. The summed E-state index contributed by atoms with van der Waals surface area (Å²) in [5.41, 5.74) is 0.908. The van der Waals surface area contributed by atoms with Gasteiger partial charge in [-0.25, -0.2) is 13.1 Å². The minimum absolute atomic E-state index is 0.108. The van der Waals surface area contributed by atoms with Gasteiger partial charge in [0.25, 0.3) is 0 Å². The van der Waals surface area contributed by atoms with Gasteiger partial charge in [0.2, 0.25) is 10.0 Å². The molecule has 4 nitrogen and oxygen atoms in total. The third kappa shape index (κ3) is 4.74. The van der Waals surface area contributed by atoms with E-state index in [0.717, 1.165) is 36.1 Å². The number of benzene rings is 1. The lowest BCUT2D eigenvalue weighted by atomic mass is 9.85. The fourth-order valence-corrected chi connectivity index (χ4v) is 5.98. The van der Waals surface area contributed by atoms with Crippen LogP contribution in [0.3, 0.4) is 0 Å². The van der Waals surface area contributed by atoms with Crippen molar-refractivity contribution < 1.29 is 13.5 Å². The molecule has 0 aliphatic heterocycles. The minimum atomic E-state index is -3.32. The summed E-state index contributed by atoms with van der Waals surface area (Å²) < 4.78 is 27.9. The second-order valence-corrected chi connectivity index (χ2v) is 10.3. The van der Waals surface area contributed by atoms with Crippen molar-refractivity contribution in [1.82, 2.24) is 4.72 Å². The van der Waals surface area contributed by atoms with Gasteiger partial charge in [0.05, 0.1) is 11.9 Å². The lowest BCUT2D eigenvalue weighted by Gasteiger charge is -2.28. The van der Waals surface area contributed by atoms with Crippen LogP contribution in [0.4, 0.5) is 0 Å². The molecule has 1 aromatic carbocycles. The zero-order valence-corrected chi connectivity index (χ0v) is 16.8. The predicted octanol–water partition coefficient (Wildman–Crippen LogP) is 3.78. The number of hydrogen-bond donors (Lipinski definition) is 2. The highest BCUT2D eigenvalue weighted by molar-refractivity contribution is 7.89. The summed E-state index contributed by atoms with van der Waals surface area (Å²) in [4.78, 5) is 2.13. The van der Waals surface area contributed by atoms with Crippen molar-refractivity contribution in [2.75, 3.05) is 12.3 Å². The second-order valence-electron chi connectivity index (χ2n) is 7.24. The van der Waals surface area contributed by atoms with Gasteiger partial charge in [-0.15, -0.1) is 11.3 Å². The van der Waals surface area contributed by atoms with E-state index in [1.807, 2.05) is 36.4 Å². The SMILES string of the molecule is CC(O)c1ccc(C2(CNS(=O)(=O)CCc3ccccc3)CCCC2)s1. The zero-order valence-electron chi connectivity index (χ0n) is 15.1. The van der Waals surface area contributed by atoms with E-state index in [4.69, 9.17) is 0 Å². The first kappa shape index (κ1) is 19.5. The fourth-order valence-electron chi connectivity index (χ4n) is 3.64. The average Bonchev–Trinajstić information content (AvgIpc) is 3.30. The molecule has 3 rings (SSSR count). The summed E-state index contributed by atoms with van der Waals surface area (Å²) in [6.45, 7) is 2.22. The average molecular weight is 394 g/mol. The molecule has 142 valence electrons. The highest BCUT2D eigenvalue weighted by Gasteiger charge is 2.38. The van der Waals surface area contributed by atoms with Gasteiger partial charge in [0, 0.05) is 21.7 Å². The minimum Gasteiger partial charge on any atom is -0.388 e. The van der Waals surface area contributed by atoms with Crippen molar-refractivity contribution in [2.24, 2.45) is 0 Å². The first-order valence-corrected chi connectivity index (χ1v) is 11.7. The third-order valence-corrected chi connectivity index (χ3v) is 8.08. The largest absolute Gasteiger partial charge is 0.388 e. The van der Waals surface area contributed by atoms with E-state index in [0.29, 0.717) is 13.0 Å². The summed E-state index contributed by atoms with van der Waals surface area (Å²) in [6.07, 6.45) is 4.27. The molecule has 1 aliphatic rings. The highest BCUT2D eigenvalue weighted by atomic mass is 32.2. The Labute approximate surface area is 160 Å². The lowest BCUT2D eigenvalue weighted by molar-refractivity contribution is 0.203. The summed E-state index contributed by atoms with van der Waals surface area (Å²) in [5, 5.41) is 9.80. The van der Waals surface area contributed by atoms with E-state index >= 15 is 0 Å². The van der Waals surface area contributed by atoms with Crippen molar-refractivity contribution >= 4 is 21.4 Å². The Morgan fingerprint density at radius 2 is 1.85 bits per heavy atom. The van der Waals surface area contributed by atoms with Gasteiger partial charge in [-0.05, 0) is 43.9 Å². The number of hydrogen-bond acceptors (Lipinski definition) is 4. The maximum atomic E-state index is 12.5. The molecular weight excluding hydrogens is 366 g/mol. The van der Waals surface area contributed by atoms with Crippen LogP contribution in [0.5, 0.6) is 0 Å².